The average molecular weight is 329 g/mol. The van der Waals surface area contributed by atoms with Crippen LogP contribution >= 0.6 is 0 Å². The van der Waals surface area contributed by atoms with E-state index < -0.39 is 6.04 Å². The Morgan fingerprint density at radius 3 is 2.71 bits per heavy atom. The first-order chi connectivity index (χ1) is 11.2. The molecule has 2 heterocycles. The summed E-state index contributed by atoms with van der Waals surface area (Å²) in [7, 11) is 0. The number of hydrogen-bond acceptors (Lipinski definition) is 3. The lowest BCUT2D eigenvalue weighted by Crippen LogP contribution is -2.41. The number of nitrogens with one attached hydrogen (secondary N) is 2. The highest BCUT2D eigenvalue weighted by atomic mass is 16.2. The van der Waals surface area contributed by atoms with Crippen LogP contribution in [0.2, 0.25) is 0 Å². The fraction of sp³-hybridized carbons (Fsp3) is 0.500. The molecule has 0 saturated carbocycles. The van der Waals surface area contributed by atoms with Crippen LogP contribution in [0.15, 0.2) is 24.3 Å². The Morgan fingerprint density at radius 1 is 1.29 bits per heavy atom. The second-order valence-electron chi connectivity index (χ2n) is 7.75. The molecule has 0 radical (unpaired) electrons. The Bertz CT molecular complexity index is 693. The van der Waals surface area contributed by atoms with E-state index in [1.54, 1.807) is 29.2 Å². The van der Waals surface area contributed by atoms with Crippen molar-refractivity contribution in [2.24, 2.45) is 5.41 Å². The third-order valence-corrected chi connectivity index (χ3v) is 4.34. The molecule has 1 fully saturated rings. The summed E-state index contributed by atoms with van der Waals surface area (Å²) in [5.41, 5.74) is 0.949. The van der Waals surface area contributed by atoms with Crippen LogP contribution in [0.25, 0.3) is 0 Å². The van der Waals surface area contributed by atoms with E-state index in [1.807, 2.05) is 20.8 Å². The first kappa shape index (κ1) is 16.5. The lowest BCUT2D eigenvalue weighted by molar-refractivity contribution is -0.123. The lowest BCUT2D eigenvalue weighted by atomic mass is 9.92. The lowest BCUT2D eigenvalue weighted by Gasteiger charge is -2.21. The zero-order valence-electron chi connectivity index (χ0n) is 14.3. The number of carbonyl (C=O) groups is 3. The van der Waals surface area contributed by atoms with E-state index >= 15 is 0 Å². The van der Waals surface area contributed by atoms with Gasteiger partial charge in [-0.3, -0.25) is 14.4 Å². The van der Waals surface area contributed by atoms with Crippen molar-refractivity contribution in [1.29, 1.82) is 0 Å². The zero-order chi connectivity index (χ0) is 17.5. The number of benzene rings is 1. The maximum Gasteiger partial charge on any atom is 0.256 e. The van der Waals surface area contributed by atoms with Crippen LogP contribution in [0.3, 0.4) is 0 Å². The van der Waals surface area contributed by atoms with Crippen molar-refractivity contribution in [1.82, 2.24) is 10.2 Å². The minimum Gasteiger partial charge on any atom is -0.351 e. The number of nitrogens with zero attached hydrogens (tertiary/aromatic N) is 1. The quantitative estimate of drug-likeness (QED) is 0.868. The molecule has 24 heavy (non-hydrogen) atoms. The molecule has 2 N–H and O–H groups in total. The maximum atomic E-state index is 12.7. The van der Waals surface area contributed by atoms with E-state index in [4.69, 9.17) is 0 Å². The minimum absolute atomic E-state index is 0.0431. The molecule has 2 atom stereocenters. The van der Waals surface area contributed by atoms with Gasteiger partial charge < -0.3 is 15.5 Å². The normalized spacial score (nSPS) is 23.2. The van der Waals surface area contributed by atoms with Gasteiger partial charge in [0.15, 0.2) is 0 Å². The first-order valence-corrected chi connectivity index (χ1v) is 8.25. The average Bonchev–Trinajstić information content (AvgIpc) is 2.85. The number of amides is 3. The van der Waals surface area contributed by atoms with Crippen LogP contribution < -0.4 is 10.6 Å². The van der Waals surface area contributed by atoms with Crippen molar-refractivity contribution in [3.05, 3.63) is 29.8 Å². The number of anilines is 1. The predicted molar refractivity (Wildman–Crippen MR) is 90.5 cm³/mol. The Morgan fingerprint density at radius 2 is 2.00 bits per heavy atom. The van der Waals surface area contributed by atoms with Gasteiger partial charge in [0, 0.05) is 19.0 Å². The van der Waals surface area contributed by atoms with Crippen LogP contribution in [-0.2, 0) is 9.59 Å². The third-order valence-electron chi connectivity index (χ3n) is 4.34. The molecule has 0 spiro atoms. The molecule has 2 aliphatic heterocycles. The van der Waals surface area contributed by atoms with Crippen molar-refractivity contribution >= 4 is 23.4 Å². The molecule has 128 valence electrons. The fourth-order valence-corrected chi connectivity index (χ4v) is 3.32. The highest BCUT2D eigenvalue weighted by molar-refractivity contribution is 6.10. The van der Waals surface area contributed by atoms with Gasteiger partial charge in [-0.15, -0.1) is 0 Å². The Labute approximate surface area is 141 Å². The summed E-state index contributed by atoms with van der Waals surface area (Å²) in [6, 6.07) is 6.29. The standard InChI is InChI=1S/C18H23N3O3/c1-18(2,3)9-15(22)19-11-8-14-16(23)20-13-7-5-4-6-12(13)17(24)21(14)10-11/h4-7,11,14H,8-10H2,1-3H3,(H,19,22)(H,20,23). The van der Waals surface area contributed by atoms with E-state index in [2.05, 4.69) is 10.6 Å². The Kier molecular flexibility index (Phi) is 4.07. The summed E-state index contributed by atoms with van der Waals surface area (Å²) >= 11 is 0. The Hall–Kier alpha value is -2.37. The van der Waals surface area contributed by atoms with E-state index in [0.717, 1.165) is 0 Å². The third kappa shape index (κ3) is 3.27. The van der Waals surface area contributed by atoms with Crippen molar-refractivity contribution < 1.29 is 14.4 Å². The summed E-state index contributed by atoms with van der Waals surface area (Å²) in [6.45, 7) is 6.37. The van der Waals surface area contributed by atoms with E-state index in [0.29, 0.717) is 30.6 Å². The van der Waals surface area contributed by atoms with Crippen molar-refractivity contribution in [3.63, 3.8) is 0 Å². The van der Waals surface area contributed by atoms with E-state index in [1.165, 1.54) is 0 Å². The molecule has 2 unspecified atom stereocenters. The molecule has 1 aromatic rings. The van der Waals surface area contributed by atoms with Gasteiger partial charge in [-0.05, 0) is 24.0 Å². The number of carbonyl (C=O) groups excluding carboxylic acids is 3. The SMILES string of the molecule is CC(C)(C)CC(=O)NC1CC2C(=O)Nc3ccccc3C(=O)N2C1. The van der Waals surface area contributed by atoms with Gasteiger partial charge >= 0.3 is 0 Å². The van der Waals surface area contributed by atoms with Gasteiger partial charge in [-0.2, -0.15) is 0 Å². The summed E-state index contributed by atoms with van der Waals surface area (Å²) in [5.74, 6) is -0.402. The monoisotopic (exact) mass is 329 g/mol. The highest BCUT2D eigenvalue weighted by Crippen LogP contribution is 2.29. The molecule has 0 aromatic heterocycles. The van der Waals surface area contributed by atoms with Gasteiger partial charge in [-0.25, -0.2) is 0 Å². The first-order valence-electron chi connectivity index (χ1n) is 8.25. The number of rotatable bonds is 2. The zero-order valence-corrected chi connectivity index (χ0v) is 14.3. The molecule has 1 aromatic carbocycles. The second kappa shape index (κ2) is 5.92. The number of fused-ring (bicyclic) bond motifs is 2. The summed E-state index contributed by atoms with van der Waals surface area (Å²) < 4.78 is 0. The van der Waals surface area contributed by atoms with E-state index in [-0.39, 0.29) is 29.2 Å². The topological polar surface area (TPSA) is 78.5 Å². The Balaban J connectivity index is 1.75. The van der Waals surface area contributed by atoms with Gasteiger partial charge in [0.2, 0.25) is 11.8 Å². The fourth-order valence-electron chi connectivity index (χ4n) is 3.32. The van der Waals surface area contributed by atoms with Gasteiger partial charge in [-0.1, -0.05) is 32.9 Å². The van der Waals surface area contributed by atoms with Crippen LogP contribution in [0.4, 0.5) is 5.69 Å². The van der Waals surface area contributed by atoms with E-state index in [9.17, 15) is 14.4 Å². The molecular formula is C18H23N3O3. The largest absolute Gasteiger partial charge is 0.351 e. The molecule has 3 rings (SSSR count). The van der Waals surface area contributed by atoms with Crippen molar-refractivity contribution in [3.8, 4) is 0 Å². The molecule has 6 heteroatoms. The molecule has 0 bridgehead atoms. The van der Waals surface area contributed by atoms with Gasteiger partial charge in [0.05, 0.1) is 11.3 Å². The summed E-state index contributed by atoms with van der Waals surface area (Å²) in [5, 5.41) is 5.79. The molecule has 2 aliphatic rings. The smallest absolute Gasteiger partial charge is 0.256 e. The van der Waals surface area contributed by atoms with Crippen molar-refractivity contribution in [2.75, 3.05) is 11.9 Å². The summed E-state index contributed by atoms with van der Waals surface area (Å²) in [6.07, 6.45) is 0.860. The number of para-hydroxylation sites is 1. The van der Waals surface area contributed by atoms with Crippen LogP contribution in [0.1, 0.15) is 44.0 Å². The number of hydrogen-bond donors (Lipinski definition) is 2. The molecule has 6 nitrogen and oxygen atoms in total. The van der Waals surface area contributed by atoms with Crippen LogP contribution in [-0.4, -0.2) is 41.2 Å². The molecule has 3 amide bonds. The van der Waals surface area contributed by atoms with Crippen LogP contribution in [0, 0.1) is 5.41 Å². The molecule has 0 aliphatic carbocycles. The predicted octanol–water partition coefficient (Wildman–Crippen LogP) is 1.77. The highest BCUT2D eigenvalue weighted by Gasteiger charge is 2.43. The minimum atomic E-state index is -0.537. The van der Waals surface area contributed by atoms with Crippen molar-refractivity contribution in [2.45, 2.75) is 45.7 Å². The summed E-state index contributed by atoms with van der Waals surface area (Å²) in [4.78, 5) is 38.9. The van der Waals surface area contributed by atoms with Crippen LogP contribution in [0.5, 0.6) is 0 Å². The van der Waals surface area contributed by atoms with Gasteiger partial charge in [0.25, 0.3) is 5.91 Å². The molecular weight excluding hydrogens is 306 g/mol. The second-order valence-corrected chi connectivity index (χ2v) is 7.75. The maximum absolute atomic E-state index is 12.7. The molecule has 1 saturated heterocycles. The van der Waals surface area contributed by atoms with Gasteiger partial charge in [0.1, 0.15) is 6.04 Å².